The van der Waals surface area contributed by atoms with E-state index in [9.17, 15) is 13.2 Å². The van der Waals surface area contributed by atoms with Crippen molar-refractivity contribution in [2.45, 2.75) is 29.6 Å². The number of ether oxygens (including phenoxy) is 1. The first-order valence-electron chi connectivity index (χ1n) is 5.40. The van der Waals surface area contributed by atoms with E-state index in [1.807, 2.05) is 4.72 Å². The number of carbonyl (C=O) groups is 1. The van der Waals surface area contributed by atoms with E-state index in [-0.39, 0.29) is 16.7 Å². The molecule has 1 aromatic heterocycles. The molecule has 0 bridgehead atoms. The fraction of sp³-hybridized carbons (Fsp3) is 0.500. The lowest BCUT2D eigenvalue weighted by molar-refractivity contribution is -0.121. The molecule has 0 spiro atoms. The Morgan fingerprint density at radius 2 is 2.33 bits per heavy atom. The Morgan fingerprint density at radius 1 is 1.56 bits per heavy atom. The maximum Gasteiger partial charge on any atom is 0.273 e. The minimum absolute atomic E-state index is 0.0354. The number of sulfonamides is 1. The van der Waals surface area contributed by atoms with Crippen LogP contribution in [0.1, 0.15) is 19.3 Å². The molecule has 1 amide bonds. The minimum atomic E-state index is -3.80. The summed E-state index contributed by atoms with van der Waals surface area (Å²) in [7, 11) is -3.80. The Kier molecular flexibility index (Phi) is 4.26. The van der Waals surface area contributed by atoms with E-state index < -0.39 is 15.9 Å². The van der Waals surface area contributed by atoms with Crippen molar-refractivity contribution in [3.8, 4) is 0 Å². The average molecular weight is 310 g/mol. The van der Waals surface area contributed by atoms with Crippen LogP contribution in [0.15, 0.2) is 16.3 Å². The molecule has 1 saturated heterocycles. The number of rotatable bonds is 4. The summed E-state index contributed by atoms with van der Waals surface area (Å²) < 4.78 is 31.3. The van der Waals surface area contributed by atoms with Crippen molar-refractivity contribution in [3.05, 3.63) is 16.5 Å². The van der Waals surface area contributed by atoms with Gasteiger partial charge in [0.25, 0.3) is 10.0 Å². The third kappa shape index (κ3) is 3.44. The zero-order chi connectivity index (χ0) is 13.2. The number of hydrogen-bond donors (Lipinski definition) is 1. The van der Waals surface area contributed by atoms with Crippen LogP contribution in [0.5, 0.6) is 0 Å². The maximum absolute atomic E-state index is 11.8. The van der Waals surface area contributed by atoms with Gasteiger partial charge in [0.1, 0.15) is 4.21 Å². The Morgan fingerprint density at radius 3 is 2.89 bits per heavy atom. The molecule has 8 heteroatoms. The van der Waals surface area contributed by atoms with Crippen molar-refractivity contribution in [1.82, 2.24) is 4.72 Å². The van der Waals surface area contributed by atoms with E-state index in [0.29, 0.717) is 10.9 Å². The molecule has 1 aromatic rings. The molecule has 0 aliphatic carbocycles. The molecule has 1 aliphatic rings. The summed E-state index contributed by atoms with van der Waals surface area (Å²) in [4.78, 5) is 11.6. The fourth-order valence-electron chi connectivity index (χ4n) is 1.70. The van der Waals surface area contributed by atoms with Crippen LogP contribution < -0.4 is 4.72 Å². The third-order valence-corrected chi connectivity index (χ3v) is 5.59. The fourth-order valence-corrected chi connectivity index (χ4v) is 4.17. The number of carbonyl (C=O) groups excluding carboxylic acids is 1. The molecule has 2 rings (SSSR count). The molecule has 0 radical (unpaired) electrons. The molecular weight excluding hydrogens is 298 g/mol. The molecule has 1 aliphatic heterocycles. The van der Waals surface area contributed by atoms with Gasteiger partial charge in [0, 0.05) is 6.61 Å². The van der Waals surface area contributed by atoms with Crippen LogP contribution in [-0.4, -0.2) is 27.0 Å². The van der Waals surface area contributed by atoms with Gasteiger partial charge in [-0.05, 0) is 25.0 Å². The molecule has 18 heavy (non-hydrogen) atoms. The highest BCUT2D eigenvalue weighted by atomic mass is 35.5. The quantitative estimate of drug-likeness (QED) is 0.920. The summed E-state index contributed by atoms with van der Waals surface area (Å²) >= 11 is 6.57. The predicted octanol–water partition coefficient (Wildman–Crippen LogP) is 1.78. The van der Waals surface area contributed by atoms with E-state index >= 15 is 0 Å². The van der Waals surface area contributed by atoms with Crippen LogP contribution in [0, 0.1) is 0 Å². The molecule has 1 fully saturated rings. The lowest BCUT2D eigenvalue weighted by Crippen LogP contribution is -2.32. The second-order valence-corrected chi connectivity index (χ2v) is 7.55. The summed E-state index contributed by atoms with van der Waals surface area (Å²) in [5, 5.41) is 0. The average Bonchev–Trinajstić information content (AvgIpc) is 2.88. The number of nitrogens with one attached hydrogen (secondary N) is 1. The van der Waals surface area contributed by atoms with Crippen molar-refractivity contribution in [2.75, 3.05) is 6.61 Å². The highest BCUT2D eigenvalue weighted by Gasteiger charge is 2.24. The Bertz CT molecular complexity index is 534. The summed E-state index contributed by atoms with van der Waals surface area (Å²) in [6.07, 6.45) is 1.59. The molecule has 1 N–H and O–H groups in total. The number of amides is 1. The lowest BCUT2D eigenvalue weighted by Gasteiger charge is -2.09. The highest BCUT2D eigenvalue weighted by molar-refractivity contribution is 7.92. The van der Waals surface area contributed by atoms with Gasteiger partial charge in [-0.25, -0.2) is 13.1 Å². The van der Waals surface area contributed by atoms with Gasteiger partial charge >= 0.3 is 0 Å². The van der Waals surface area contributed by atoms with Gasteiger partial charge in [0.15, 0.2) is 0 Å². The molecule has 0 aromatic carbocycles. The molecule has 2 heterocycles. The maximum atomic E-state index is 11.8. The van der Waals surface area contributed by atoms with Crippen LogP contribution >= 0.6 is 22.9 Å². The predicted molar refractivity (Wildman–Crippen MR) is 68.2 cm³/mol. The van der Waals surface area contributed by atoms with E-state index in [2.05, 4.69) is 0 Å². The summed E-state index contributed by atoms with van der Waals surface area (Å²) in [5.41, 5.74) is 0. The van der Waals surface area contributed by atoms with Gasteiger partial charge < -0.3 is 4.74 Å². The van der Waals surface area contributed by atoms with Gasteiger partial charge in [-0.15, -0.1) is 11.3 Å². The summed E-state index contributed by atoms with van der Waals surface area (Å²) in [6, 6.07) is 2.85. The van der Waals surface area contributed by atoms with Crippen LogP contribution in [0.2, 0.25) is 4.34 Å². The number of thiophene rings is 1. The smallest absolute Gasteiger partial charge is 0.273 e. The van der Waals surface area contributed by atoms with Gasteiger partial charge in [0.05, 0.1) is 16.9 Å². The number of hydrogen-bond acceptors (Lipinski definition) is 5. The van der Waals surface area contributed by atoms with Gasteiger partial charge in [0.2, 0.25) is 5.91 Å². The monoisotopic (exact) mass is 309 g/mol. The largest absolute Gasteiger partial charge is 0.378 e. The zero-order valence-corrected chi connectivity index (χ0v) is 11.8. The van der Waals surface area contributed by atoms with Crippen LogP contribution in [0.4, 0.5) is 0 Å². The molecule has 1 atom stereocenters. The van der Waals surface area contributed by atoms with Crippen molar-refractivity contribution in [1.29, 1.82) is 0 Å². The molecule has 5 nitrogen and oxygen atoms in total. The van der Waals surface area contributed by atoms with Crippen molar-refractivity contribution in [3.63, 3.8) is 0 Å². The van der Waals surface area contributed by atoms with Crippen molar-refractivity contribution < 1.29 is 17.9 Å². The van der Waals surface area contributed by atoms with E-state index in [1.54, 1.807) is 0 Å². The van der Waals surface area contributed by atoms with Gasteiger partial charge in [-0.1, -0.05) is 11.6 Å². The first-order valence-corrected chi connectivity index (χ1v) is 8.08. The molecular formula is C10H12ClNO4S2. The highest BCUT2D eigenvalue weighted by Crippen LogP contribution is 2.25. The Balaban J connectivity index is 1.97. The van der Waals surface area contributed by atoms with Gasteiger partial charge in [-0.2, -0.15) is 0 Å². The molecule has 0 saturated carbocycles. The normalized spacial score (nSPS) is 19.9. The number of halogens is 1. The first kappa shape index (κ1) is 13.8. The van der Waals surface area contributed by atoms with E-state index in [4.69, 9.17) is 16.3 Å². The second kappa shape index (κ2) is 5.56. The van der Waals surface area contributed by atoms with Crippen LogP contribution in [0.25, 0.3) is 0 Å². The van der Waals surface area contributed by atoms with Crippen molar-refractivity contribution in [2.24, 2.45) is 0 Å². The van der Waals surface area contributed by atoms with E-state index in [0.717, 1.165) is 24.2 Å². The zero-order valence-electron chi connectivity index (χ0n) is 9.39. The lowest BCUT2D eigenvalue weighted by atomic mass is 10.2. The van der Waals surface area contributed by atoms with Crippen molar-refractivity contribution >= 4 is 38.9 Å². The first-order chi connectivity index (χ1) is 8.47. The summed E-state index contributed by atoms with van der Waals surface area (Å²) in [5.74, 6) is -0.550. The third-order valence-electron chi connectivity index (χ3n) is 2.50. The second-order valence-electron chi connectivity index (χ2n) is 3.93. The van der Waals surface area contributed by atoms with Crippen LogP contribution in [0.3, 0.4) is 0 Å². The standard InChI is InChI=1S/C10H12ClNO4S2/c11-8-3-4-10(17-8)18(14,15)12-9(13)6-7-2-1-5-16-7/h3-4,7H,1-2,5-6H2,(H,12,13)/t7-/m0/s1. The Labute approximate surface area is 114 Å². The van der Waals surface area contributed by atoms with E-state index in [1.165, 1.54) is 12.1 Å². The van der Waals surface area contributed by atoms with Crippen LogP contribution in [-0.2, 0) is 19.6 Å². The minimum Gasteiger partial charge on any atom is -0.378 e. The molecule has 100 valence electrons. The Hall–Kier alpha value is -0.630. The van der Waals surface area contributed by atoms with Gasteiger partial charge in [-0.3, -0.25) is 4.79 Å². The topological polar surface area (TPSA) is 72.5 Å². The SMILES string of the molecule is O=C(C[C@@H]1CCCO1)NS(=O)(=O)c1ccc(Cl)s1. The molecule has 0 unspecified atom stereocenters. The summed E-state index contributed by atoms with van der Waals surface area (Å²) in [6.45, 7) is 0.630.